The SMILES string of the molecule is O=C(CNCc1cccc2ccccc12)NCC1CC1. The molecular weight excluding hydrogens is 248 g/mol. The number of hydrogen-bond acceptors (Lipinski definition) is 2. The Labute approximate surface area is 119 Å². The monoisotopic (exact) mass is 268 g/mol. The van der Waals surface area contributed by atoms with Crippen molar-refractivity contribution in [2.24, 2.45) is 5.92 Å². The number of hydrogen-bond donors (Lipinski definition) is 2. The van der Waals surface area contributed by atoms with Gasteiger partial charge in [0.1, 0.15) is 0 Å². The molecule has 3 heteroatoms. The number of carbonyl (C=O) groups is 1. The molecule has 0 aliphatic heterocycles. The molecule has 0 atom stereocenters. The number of fused-ring (bicyclic) bond motifs is 1. The molecule has 0 aromatic heterocycles. The van der Waals surface area contributed by atoms with Crippen LogP contribution in [0.25, 0.3) is 10.8 Å². The predicted octanol–water partition coefficient (Wildman–Crippen LogP) is 2.46. The number of nitrogens with one attached hydrogen (secondary N) is 2. The summed E-state index contributed by atoms with van der Waals surface area (Å²) in [4.78, 5) is 11.7. The van der Waals surface area contributed by atoms with E-state index in [1.807, 2.05) is 12.1 Å². The van der Waals surface area contributed by atoms with Crippen LogP contribution in [0.5, 0.6) is 0 Å². The van der Waals surface area contributed by atoms with Gasteiger partial charge < -0.3 is 10.6 Å². The standard InChI is InChI=1S/C17H20N2O/c20-17(19-10-13-8-9-13)12-18-11-15-6-3-5-14-4-1-2-7-16(14)15/h1-7,13,18H,8-12H2,(H,19,20). The topological polar surface area (TPSA) is 41.1 Å². The van der Waals surface area contributed by atoms with E-state index in [9.17, 15) is 4.79 Å². The van der Waals surface area contributed by atoms with Gasteiger partial charge in [-0.05, 0) is 35.1 Å². The van der Waals surface area contributed by atoms with Crippen LogP contribution in [-0.2, 0) is 11.3 Å². The van der Waals surface area contributed by atoms with E-state index in [2.05, 4.69) is 41.0 Å². The van der Waals surface area contributed by atoms with E-state index >= 15 is 0 Å². The molecule has 1 aliphatic rings. The van der Waals surface area contributed by atoms with Crippen molar-refractivity contribution in [2.75, 3.05) is 13.1 Å². The summed E-state index contributed by atoms with van der Waals surface area (Å²) in [6, 6.07) is 14.6. The quantitative estimate of drug-likeness (QED) is 0.845. The zero-order valence-corrected chi connectivity index (χ0v) is 11.6. The van der Waals surface area contributed by atoms with Crippen LogP contribution in [0.15, 0.2) is 42.5 Å². The van der Waals surface area contributed by atoms with Crippen LogP contribution in [0, 0.1) is 5.92 Å². The van der Waals surface area contributed by atoms with Gasteiger partial charge in [-0.2, -0.15) is 0 Å². The fraction of sp³-hybridized carbons (Fsp3) is 0.353. The van der Waals surface area contributed by atoms with E-state index in [1.165, 1.54) is 29.2 Å². The number of rotatable bonds is 6. The third kappa shape index (κ3) is 3.36. The summed E-state index contributed by atoms with van der Waals surface area (Å²) >= 11 is 0. The first-order chi connectivity index (χ1) is 9.83. The number of carbonyl (C=O) groups excluding carboxylic acids is 1. The van der Waals surface area contributed by atoms with E-state index in [-0.39, 0.29) is 5.91 Å². The summed E-state index contributed by atoms with van der Waals surface area (Å²) in [5.41, 5.74) is 1.23. The first kappa shape index (κ1) is 13.1. The van der Waals surface area contributed by atoms with Crippen molar-refractivity contribution in [3.8, 4) is 0 Å². The lowest BCUT2D eigenvalue weighted by Crippen LogP contribution is -2.34. The van der Waals surface area contributed by atoms with Crippen molar-refractivity contribution in [3.05, 3.63) is 48.0 Å². The van der Waals surface area contributed by atoms with Crippen LogP contribution in [0.2, 0.25) is 0 Å². The Bertz CT molecular complexity index is 599. The van der Waals surface area contributed by atoms with Crippen molar-refractivity contribution >= 4 is 16.7 Å². The molecule has 2 aromatic carbocycles. The highest BCUT2D eigenvalue weighted by atomic mass is 16.1. The van der Waals surface area contributed by atoms with E-state index in [0.717, 1.165) is 19.0 Å². The molecule has 0 unspecified atom stereocenters. The van der Waals surface area contributed by atoms with Gasteiger partial charge in [0.15, 0.2) is 0 Å². The van der Waals surface area contributed by atoms with Crippen LogP contribution in [0.1, 0.15) is 18.4 Å². The van der Waals surface area contributed by atoms with E-state index in [0.29, 0.717) is 6.54 Å². The highest BCUT2D eigenvalue weighted by molar-refractivity contribution is 5.85. The zero-order chi connectivity index (χ0) is 13.8. The molecular formula is C17H20N2O. The minimum atomic E-state index is 0.0946. The largest absolute Gasteiger partial charge is 0.355 e. The van der Waals surface area contributed by atoms with Crippen LogP contribution in [0.3, 0.4) is 0 Å². The lowest BCUT2D eigenvalue weighted by molar-refractivity contribution is -0.120. The fourth-order valence-electron chi connectivity index (χ4n) is 2.40. The van der Waals surface area contributed by atoms with E-state index in [1.54, 1.807) is 0 Å². The van der Waals surface area contributed by atoms with Gasteiger partial charge in [-0.15, -0.1) is 0 Å². The van der Waals surface area contributed by atoms with Gasteiger partial charge >= 0.3 is 0 Å². The minimum Gasteiger partial charge on any atom is -0.355 e. The highest BCUT2D eigenvalue weighted by Gasteiger charge is 2.21. The molecule has 3 nitrogen and oxygen atoms in total. The zero-order valence-electron chi connectivity index (χ0n) is 11.6. The van der Waals surface area contributed by atoms with Gasteiger partial charge in [0.25, 0.3) is 0 Å². The summed E-state index contributed by atoms with van der Waals surface area (Å²) in [6.45, 7) is 1.95. The Morgan fingerprint density at radius 3 is 2.75 bits per heavy atom. The Kier molecular flexibility index (Phi) is 3.97. The minimum absolute atomic E-state index is 0.0946. The molecule has 2 aromatic rings. The lowest BCUT2D eigenvalue weighted by Gasteiger charge is -2.08. The predicted molar refractivity (Wildman–Crippen MR) is 81.4 cm³/mol. The molecule has 1 amide bonds. The number of benzene rings is 2. The normalized spacial score (nSPS) is 14.4. The van der Waals surface area contributed by atoms with Gasteiger partial charge in [0.05, 0.1) is 6.54 Å². The average Bonchev–Trinajstić information content (AvgIpc) is 3.30. The van der Waals surface area contributed by atoms with Crippen molar-refractivity contribution in [1.82, 2.24) is 10.6 Å². The molecule has 104 valence electrons. The van der Waals surface area contributed by atoms with Gasteiger partial charge in [-0.25, -0.2) is 0 Å². The Morgan fingerprint density at radius 2 is 1.90 bits per heavy atom. The van der Waals surface area contributed by atoms with Gasteiger partial charge in [0, 0.05) is 13.1 Å². The summed E-state index contributed by atoms with van der Waals surface area (Å²) in [5.74, 6) is 0.828. The van der Waals surface area contributed by atoms with Gasteiger partial charge in [0.2, 0.25) is 5.91 Å². The van der Waals surface area contributed by atoms with E-state index in [4.69, 9.17) is 0 Å². The average molecular weight is 268 g/mol. The lowest BCUT2D eigenvalue weighted by atomic mass is 10.0. The molecule has 1 aliphatic carbocycles. The molecule has 3 rings (SSSR count). The first-order valence-corrected chi connectivity index (χ1v) is 7.27. The highest BCUT2D eigenvalue weighted by Crippen LogP contribution is 2.27. The molecule has 1 fully saturated rings. The maximum Gasteiger partial charge on any atom is 0.233 e. The second kappa shape index (κ2) is 6.06. The molecule has 20 heavy (non-hydrogen) atoms. The Hall–Kier alpha value is -1.87. The summed E-state index contributed by atoms with van der Waals surface area (Å²) in [7, 11) is 0. The van der Waals surface area contributed by atoms with Gasteiger partial charge in [-0.1, -0.05) is 42.5 Å². The summed E-state index contributed by atoms with van der Waals surface area (Å²) in [6.07, 6.45) is 2.54. The van der Waals surface area contributed by atoms with Crippen LogP contribution in [0.4, 0.5) is 0 Å². The number of amides is 1. The fourth-order valence-corrected chi connectivity index (χ4v) is 2.40. The molecule has 0 bridgehead atoms. The van der Waals surface area contributed by atoms with Crippen LogP contribution >= 0.6 is 0 Å². The molecule has 0 radical (unpaired) electrons. The molecule has 0 spiro atoms. The van der Waals surface area contributed by atoms with Crippen molar-refractivity contribution in [3.63, 3.8) is 0 Å². The smallest absolute Gasteiger partial charge is 0.233 e. The van der Waals surface area contributed by atoms with Crippen LogP contribution in [-0.4, -0.2) is 19.0 Å². The molecule has 1 saturated carbocycles. The Balaban J connectivity index is 1.52. The summed E-state index contributed by atoms with van der Waals surface area (Å²) in [5, 5.41) is 8.68. The summed E-state index contributed by atoms with van der Waals surface area (Å²) < 4.78 is 0. The maximum absolute atomic E-state index is 11.7. The third-order valence-corrected chi connectivity index (χ3v) is 3.77. The van der Waals surface area contributed by atoms with Gasteiger partial charge in [-0.3, -0.25) is 4.79 Å². The van der Waals surface area contributed by atoms with Crippen molar-refractivity contribution < 1.29 is 4.79 Å². The third-order valence-electron chi connectivity index (χ3n) is 3.77. The first-order valence-electron chi connectivity index (χ1n) is 7.27. The second-order valence-electron chi connectivity index (χ2n) is 5.49. The van der Waals surface area contributed by atoms with Crippen LogP contribution < -0.4 is 10.6 Å². The Morgan fingerprint density at radius 1 is 1.10 bits per heavy atom. The molecule has 2 N–H and O–H groups in total. The molecule has 0 saturated heterocycles. The molecule has 0 heterocycles. The maximum atomic E-state index is 11.7. The van der Waals surface area contributed by atoms with Crippen molar-refractivity contribution in [2.45, 2.75) is 19.4 Å². The second-order valence-corrected chi connectivity index (χ2v) is 5.49. The van der Waals surface area contributed by atoms with Crippen molar-refractivity contribution in [1.29, 1.82) is 0 Å². The van der Waals surface area contributed by atoms with E-state index < -0.39 is 0 Å².